The number of rotatable bonds is 1. The van der Waals surface area contributed by atoms with Gasteiger partial charge in [-0.1, -0.05) is 17.7 Å². The number of methoxy groups -OCH3 is 1. The SMILES string of the molecule is Bc1cc(C)cc(B)c1OC. The van der Waals surface area contributed by atoms with Crippen molar-refractivity contribution in [3.05, 3.63) is 17.7 Å². The fourth-order valence-electron chi connectivity index (χ4n) is 1.49. The molecule has 0 atom stereocenters. The molecule has 0 bridgehead atoms. The number of hydrogen-bond acceptors (Lipinski definition) is 1. The van der Waals surface area contributed by atoms with Crippen LogP contribution in [-0.2, 0) is 0 Å². The van der Waals surface area contributed by atoms with Gasteiger partial charge in [0.05, 0.1) is 7.11 Å². The first kappa shape index (κ1) is 8.25. The molecule has 0 unspecified atom stereocenters. The van der Waals surface area contributed by atoms with Crippen LogP contribution < -0.4 is 15.7 Å². The van der Waals surface area contributed by atoms with E-state index in [1.165, 1.54) is 16.5 Å². The third kappa shape index (κ3) is 1.59. The molecule has 0 aliphatic heterocycles. The van der Waals surface area contributed by atoms with Gasteiger partial charge < -0.3 is 4.74 Å². The highest BCUT2D eigenvalue weighted by Gasteiger charge is 2.01. The summed E-state index contributed by atoms with van der Waals surface area (Å²) in [6.07, 6.45) is 0. The highest BCUT2D eigenvalue weighted by molar-refractivity contribution is 6.41. The molecule has 0 saturated heterocycles. The predicted octanol–water partition coefficient (Wildman–Crippen LogP) is -1.48. The molecule has 0 saturated carbocycles. The average Bonchev–Trinajstić information content (AvgIpc) is 1.85. The number of aryl methyl sites for hydroxylation is 1. The predicted molar refractivity (Wildman–Crippen MR) is 54.1 cm³/mol. The van der Waals surface area contributed by atoms with Crippen LogP contribution >= 0.6 is 0 Å². The number of benzene rings is 1. The molecular formula is C8H12B2O. The maximum atomic E-state index is 5.23. The van der Waals surface area contributed by atoms with E-state index in [0.717, 1.165) is 5.75 Å². The highest BCUT2D eigenvalue weighted by atomic mass is 16.5. The normalized spacial score (nSPS) is 9.64. The van der Waals surface area contributed by atoms with Gasteiger partial charge in [-0.15, -0.1) is 0 Å². The Bertz CT molecular complexity index is 248. The molecule has 0 N–H and O–H groups in total. The zero-order valence-electron chi connectivity index (χ0n) is 7.56. The van der Waals surface area contributed by atoms with Gasteiger partial charge in [0.15, 0.2) is 0 Å². The van der Waals surface area contributed by atoms with Crippen LogP contribution in [-0.4, -0.2) is 22.8 Å². The number of hydrogen-bond donors (Lipinski definition) is 0. The van der Waals surface area contributed by atoms with Crippen LogP contribution in [0.5, 0.6) is 5.75 Å². The topological polar surface area (TPSA) is 9.23 Å². The summed E-state index contributed by atoms with van der Waals surface area (Å²) in [5, 5.41) is 0. The van der Waals surface area contributed by atoms with Crippen LogP contribution in [0, 0.1) is 6.92 Å². The summed E-state index contributed by atoms with van der Waals surface area (Å²) in [7, 11) is 5.85. The summed E-state index contributed by atoms with van der Waals surface area (Å²) in [6.45, 7) is 2.10. The van der Waals surface area contributed by atoms with Crippen molar-refractivity contribution >= 4 is 26.6 Å². The van der Waals surface area contributed by atoms with E-state index in [2.05, 4.69) is 34.7 Å². The third-order valence-electron chi connectivity index (χ3n) is 1.81. The first-order valence-corrected chi connectivity index (χ1v) is 3.77. The standard InChI is InChI=1S/C8H12B2O/c1-5-3-6(9)8(11-2)7(10)4-5/h3-4H,9-10H2,1-2H3. The van der Waals surface area contributed by atoms with Gasteiger partial charge in [-0.05, 0) is 17.8 Å². The lowest BCUT2D eigenvalue weighted by Gasteiger charge is -2.09. The van der Waals surface area contributed by atoms with Gasteiger partial charge >= 0.3 is 0 Å². The molecule has 0 aliphatic rings. The average molecular weight is 146 g/mol. The molecular weight excluding hydrogens is 134 g/mol. The van der Waals surface area contributed by atoms with Gasteiger partial charge in [0.2, 0.25) is 0 Å². The zero-order chi connectivity index (χ0) is 8.43. The fourth-order valence-corrected chi connectivity index (χ4v) is 1.49. The summed E-state index contributed by atoms with van der Waals surface area (Å²) in [6, 6.07) is 4.26. The summed E-state index contributed by atoms with van der Waals surface area (Å²) in [4.78, 5) is 0. The van der Waals surface area contributed by atoms with E-state index in [0.29, 0.717) is 0 Å². The molecule has 0 amide bonds. The second-order valence-electron chi connectivity index (χ2n) is 2.93. The van der Waals surface area contributed by atoms with Crippen LogP contribution in [0.1, 0.15) is 5.56 Å². The Morgan fingerprint density at radius 1 is 1.18 bits per heavy atom. The molecule has 0 aromatic heterocycles. The Balaban J connectivity index is 3.25. The summed E-state index contributed by atoms with van der Waals surface area (Å²) in [5.41, 5.74) is 3.72. The first-order chi connectivity index (χ1) is 5.15. The molecule has 11 heavy (non-hydrogen) atoms. The van der Waals surface area contributed by atoms with Crippen molar-refractivity contribution in [2.45, 2.75) is 6.92 Å². The third-order valence-corrected chi connectivity index (χ3v) is 1.81. The lowest BCUT2D eigenvalue weighted by atomic mass is 9.84. The summed E-state index contributed by atoms with van der Waals surface area (Å²) >= 11 is 0. The Labute approximate surface area is 69.6 Å². The van der Waals surface area contributed by atoms with Crippen molar-refractivity contribution in [1.29, 1.82) is 0 Å². The molecule has 56 valence electrons. The van der Waals surface area contributed by atoms with Gasteiger partial charge in [-0.3, -0.25) is 0 Å². The highest BCUT2D eigenvalue weighted by Crippen LogP contribution is 2.02. The van der Waals surface area contributed by atoms with Gasteiger partial charge in [-0.2, -0.15) is 0 Å². The van der Waals surface area contributed by atoms with Crippen LogP contribution in [0.25, 0.3) is 0 Å². The smallest absolute Gasteiger partial charge is 0.144 e. The molecule has 0 aliphatic carbocycles. The monoisotopic (exact) mass is 146 g/mol. The minimum Gasteiger partial charge on any atom is -0.498 e. The zero-order valence-corrected chi connectivity index (χ0v) is 7.56. The molecule has 1 aromatic carbocycles. The van der Waals surface area contributed by atoms with Crippen molar-refractivity contribution < 1.29 is 4.74 Å². The molecule has 0 radical (unpaired) electrons. The summed E-state index contributed by atoms with van der Waals surface area (Å²) in [5.74, 6) is 1.01. The Morgan fingerprint density at radius 2 is 1.64 bits per heavy atom. The van der Waals surface area contributed by atoms with E-state index in [4.69, 9.17) is 4.74 Å². The Morgan fingerprint density at radius 3 is 2.00 bits per heavy atom. The Kier molecular flexibility index (Phi) is 2.28. The molecule has 1 aromatic rings. The van der Waals surface area contributed by atoms with Crippen molar-refractivity contribution in [2.24, 2.45) is 0 Å². The van der Waals surface area contributed by atoms with Crippen molar-refractivity contribution in [3.63, 3.8) is 0 Å². The van der Waals surface area contributed by atoms with Crippen LogP contribution in [0.2, 0.25) is 0 Å². The molecule has 0 heterocycles. The van der Waals surface area contributed by atoms with E-state index in [1.807, 2.05) is 0 Å². The molecule has 3 heteroatoms. The quantitative estimate of drug-likeness (QED) is 0.439. The molecule has 0 spiro atoms. The molecule has 1 rings (SSSR count). The van der Waals surface area contributed by atoms with Gasteiger partial charge in [0.25, 0.3) is 0 Å². The van der Waals surface area contributed by atoms with Crippen LogP contribution in [0.4, 0.5) is 0 Å². The minimum atomic E-state index is 1.01. The molecule has 0 fully saturated rings. The van der Waals surface area contributed by atoms with E-state index in [1.54, 1.807) is 7.11 Å². The minimum absolute atomic E-state index is 1.01. The van der Waals surface area contributed by atoms with Gasteiger partial charge in [0, 0.05) is 0 Å². The van der Waals surface area contributed by atoms with Gasteiger partial charge in [-0.25, -0.2) is 0 Å². The Hall–Kier alpha value is -0.850. The first-order valence-electron chi connectivity index (χ1n) is 3.77. The summed E-state index contributed by atoms with van der Waals surface area (Å²) < 4.78 is 5.23. The van der Waals surface area contributed by atoms with E-state index < -0.39 is 0 Å². The van der Waals surface area contributed by atoms with Crippen molar-refractivity contribution in [3.8, 4) is 5.75 Å². The molecule has 1 nitrogen and oxygen atoms in total. The second kappa shape index (κ2) is 3.04. The largest absolute Gasteiger partial charge is 0.498 e. The fraction of sp³-hybridized carbons (Fsp3) is 0.250. The van der Waals surface area contributed by atoms with Gasteiger partial charge in [0.1, 0.15) is 21.4 Å². The van der Waals surface area contributed by atoms with Crippen molar-refractivity contribution in [2.75, 3.05) is 7.11 Å². The maximum Gasteiger partial charge on any atom is 0.144 e. The van der Waals surface area contributed by atoms with E-state index in [-0.39, 0.29) is 0 Å². The number of ether oxygens (including phenoxy) is 1. The van der Waals surface area contributed by atoms with Crippen molar-refractivity contribution in [1.82, 2.24) is 0 Å². The van der Waals surface area contributed by atoms with E-state index >= 15 is 0 Å². The van der Waals surface area contributed by atoms with E-state index in [9.17, 15) is 0 Å². The van der Waals surface area contributed by atoms with Crippen LogP contribution in [0.3, 0.4) is 0 Å². The van der Waals surface area contributed by atoms with Crippen LogP contribution in [0.15, 0.2) is 12.1 Å². The lowest BCUT2D eigenvalue weighted by Crippen LogP contribution is -2.19. The maximum absolute atomic E-state index is 5.23. The lowest BCUT2D eigenvalue weighted by molar-refractivity contribution is 0.421. The second-order valence-corrected chi connectivity index (χ2v) is 2.93.